The lowest BCUT2D eigenvalue weighted by Crippen LogP contribution is -2.27. The Hall–Kier alpha value is -1.84. The Morgan fingerprint density at radius 3 is 3.00 bits per heavy atom. The normalized spacial score (nSPS) is 15.5. The van der Waals surface area contributed by atoms with Crippen molar-refractivity contribution < 1.29 is 9.68 Å². The molecule has 0 unspecified atom stereocenters. The van der Waals surface area contributed by atoms with Crippen LogP contribution < -0.4 is 5.46 Å². The summed E-state index contributed by atoms with van der Waals surface area (Å²) in [5.74, 6) is 0. The maximum absolute atomic E-state index is 9.56. The molecule has 0 spiro atoms. The van der Waals surface area contributed by atoms with E-state index < -0.39 is 7.12 Å². The zero-order chi connectivity index (χ0) is 13.7. The van der Waals surface area contributed by atoms with Crippen molar-refractivity contribution in [1.82, 2.24) is 0 Å². The van der Waals surface area contributed by atoms with Gasteiger partial charge in [0.25, 0.3) is 0 Å². The fourth-order valence-electron chi connectivity index (χ4n) is 1.97. The van der Waals surface area contributed by atoms with E-state index in [0.717, 1.165) is 22.2 Å². The van der Waals surface area contributed by atoms with Crippen molar-refractivity contribution in [2.45, 2.75) is 13.5 Å². The van der Waals surface area contributed by atoms with Gasteiger partial charge in [0.2, 0.25) is 0 Å². The number of benzene rings is 1. The lowest BCUT2D eigenvalue weighted by Gasteiger charge is -2.00. The van der Waals surface area contributed by atoms with Crippen LogP contribution in [0.25, 0.3) is 6.08 Å². The molecule has 1 aliphatic rings. The van der Waals surface area contributed by atoms with Gasteiger partial charge in [-0.05, 0) is 35.2 Å². The smallest absolute Gasteiger partial charge is 0.423 e. The highest BCUT2D eigenvalue weighted by Gasteiger charge is 2.26. The van der Waals surface area contributed by atoms with Gasteiger partial charge < -0.3 is 9.68 Å². The molecule has 2 nitrogen and oxygen atoms in total. The topological polar surface area (TPSA) is 29.5 Å². The molecule has 19 heavy (non-hydrogen) atoms. The summed E-state index contributed by atoms with van der Waals surface area (Å²) in [6, 6.07) is 5.95. The monoisotopic (exact) mass is 252 g/mol. The Morgan fingerprint density at radius 1 is 1.42 bits per heavy atom. The van der Waals surface area contributed by atoms with E-state index in [-0.39, 0.29) is 0 Å². The number of allylic oxidation sites excluding steroid dienone is 6. The quantitative estimate of drug-likeness (QED) is 0.659. The third-order valence-corrected chi connectivity index (χ3v) is 3.06. The zero-order valence-electron chi connectivity index (χ0n) is 11.0. The fourth-order valence-corrected chi connectivity index (χ4v) is 1.97. The first kappa shape index (κ1) is 13.6. The Bertz CT molecular complexity index is 556. The van der Waals surface area contributed by atoms with Crippen LogP contribution in [0.4, 0.5) is 0 Å². The van der Waals surface area contributed by atoms with Crippen molar-refractivity contribution in [2.75, 3.05) is 0 Å². The standard InChI is InChI=1S/C16H17BO2/c1-3-5-6-13(4-2)7-8-14-9-10-16-15(11-14)12-19-17(16)18/h3-11,18H,1,12H2,2H3/b6-5-,8-7+,13-4+. The Balaban J connectivity index is 2.16. The molecular formula is C16H17BO2. The predicted molar refractivity (Wildman–Crippen MR) is 81.0 cm³/mol. The summed E-state index contributed by atoms with van der Waals surface area (Å²) in [7, 11) is -0.769. The Labute approximate surface area is 114 Å². The predicted octanol–water partition coefficient (Wildman–Crippen LogP) is 2.61. The average molecular weight is 252 g/mol. The van der Waals surface area contributed by atoms with Crippen LogP contribution in [0, 0.1) is 0 Å². The summed E-state index contributed by atoms with van der Waals surface area (Å²) in [4.78, 5) is 0. The fraction of sp³-hybridized carbons (Fsp3) is 0.125. The Kier molecular flexibility index (Phi) is 4.55. The van der Waals surface area contributed by atoms with E-state index in [1.54, 1.807) is 6.08 Å². The summed E-state index contributed by atoms with van der Waals surface area (Å²) in [5, 5.41) is 9.56. The van der Waals surface area contributed by atoms with Gasteiger partial charge in [0.05, 0.1) is 6.61 Å². The van der Waals surface area contributed by atoms with Gasteiger partial charge in [0.15, 0.2) is 0 Å². The van der Waals surface area contributed by atoms with Crippen molar-refractivity contribution in [3.63, 3.8) is 0 Å². The molecule has 0 atom stereocenters. The van der Waals surface area contributed by atoms with Gasteiger partial charge in [0, 0.05) is 0 Å². The van der Waals surface area contributed by atoms with Crippen molar-refractivity contribution in [3.05, 3.63) is 71.9 Å². The number of fused-ring (bicyclic) bond motifs is 1. The van der Waals surface area contributed by atoms with Gasteiger partial charge in [-0.15, -0.1) is 0 Å². The van der Waals surface area contributed by atoms with Crippen LogP contribution in [0.3, 0.4) is 0 Å². The average Bonchev–Trinajstić information content (AvgIpc) is 2.80. The minimum absolute atomic E-state index is 0.477. The maximum Gasteiger partial charge on any atom is 0.491 e. The summed E-state index contributed by atoms with van der Waals surface area (Å²) in [5.41, 5.74) is 4.15. The van der Waals surface area contributed by atoms with Gasteiger partial charge in [0.1, 0.15) is 0 Å². The van der Waals surface area contributed by atoms with Crippen LogP contribution >= 0.6 is 0 Å². The molecule has 3 heteroatoms. The summed E-state index contributed by atoms with van der Waals surface area (Å²) in [6.07, 6.45) is 11.8. The SMILES string of the molecule is C=C\C=C/C(/C=C/c1ccc2c(c1)COB2O)=C\C. The minimum Gasteiger partial charge on any atom is -0.423 e. The number of hydrogen-bond acceptors (Lipinski definition) is 2. The van der Waals surface area contributed by atoms with Gasteiger partial charge in [-0.2, -0.15) is 0 Å². The minimum atomic E-state index is -0.769. The molecule has 0 fully saturated rings. The second-order valence-electron chi connectivity index (χ2n) is 4.34. The van der Waals surface area contributed by atoms with E-state index in [1.165, 1.54) is 0 Å². The first-order chi connectivity index (χ1) is 9.24. The van der Waals surface area contributed by atoms with E-state index >= 15 is 0 Å². The van der Waals surface area contributed by atoms with E-state index in [9.17, 15) is 5.02 Å². The molecule has 0 bridgehead atoms. The highest BCUT2D eigenvalue weighted by atomic mass is 16.5. The second kappa shape index (κ2) is 6.37. The van der Waals surface area contributed by atoms with Gasteiger partial charge in [-0.1, -0.05) is 55.2 Å². The van der Waals surface area contributed by atoms with Crippen LogP contribution in [0.1, 0.15) is 18.1 Å². The maximum atomic E-state index is 9.56. The van der Waals surface area contributed by atoms with E-state index in [1.807, 2.05) is 55.5 Å². The molecule has 1 aliphatic heterocycles. The van der Waals surface area contributed by atoms with Crippen molar-refractivity contribution in [3.8, 4) is 0 Å². The van der Waals surface area contributed by atoms with Crippen LogP contribution in [0.2, 0.25) is 0 Å². The van der Waals surface area contributed by atoms with Gasteiger partial charge >= 0.3 is 7.12 Å². The lowest BCUT2D eigenvalue weighted by molar-refractivity contribution is 0.275. The molecule has 0 aliphatic carbocycles. The van der Waals surface area contributed by atoms with Crippen LogP contribution in [0.5, 0.6) is 0 Å². The first-order valence-corrected chi connectivity index (χ1v) is 6.30. The lowest BCUT2D eigenvalue weighted by atomic mass is 9.79. The highest BCUT2D eigenvalue weighted by Crippen LogP contribution is 2.14. The highest BCUT2D eigenvalue weighted by molar-refractivity contribution is 6.61. The van der Waals surface area contributed by atoms with Crippen LogP contribution in [0.15, 0.2) is 60.7 Å². The molecule has 1 heterocycles. The summed E-state index contributed by atoms with van der Waals surface area (Å²) in [6.45, 7) is 6.13. The molecule has 2 rings (SSSR count). The van der Waals surface area contributed by atoms with E-state index in [4.69, 9.17) is 4.65 Å². The molecular weight excluding hydrogens is 235 g/mol. The van der Waals surface area contributed by atoms with Crippen molar-refractivity contribution >= 4 is 18.7 Å². The molecule has 0 radical (unpaired) electrons. The van der Waals surface area contributed by atoms with E-state index in [0.29, 0.717) is 6.61 Å². The van der Waals surface area contributed by atoms with Gasteiger partial charge in [-0.3, -0.25) is 0 Å². The molecule has 1 N–H and O–H groups in total. The van der Waals surface area contributed by atoms with Gasteiger partial charge in [-0.25, -0.2) is 0 Å². The van der Waals surface area contributed by atoms with Crippen molar-refractivity contribution in [1.29, 1.82) is 0 Å². The largest absolute Gasteiger partial charge is 0.491 e. The van der Waals surface area contributed by atoms with Crippen LogP contribution in [-0.4, -0.2) is 12.1 Å². The summed E-state index contributed by atoms with van der Waals surface area (Å²) >= 11 is 0. The zero-order valence-corrected chi connectivity index (χ0v) is 11.0. The molecule has 0 amide bonds. The van der Waals surface area contributed by atoms with Crippen molar-refractivity contribution in [2.24, 2.45) is 0 Å². The molecule has 0 saturated heterocycles. The third kappa shape index (κ3) is 3.34. The Morgan fingerprint density at radius 2 is 2.26 bits per heavy atom. The molecule has 1 aromatic rings. The number of rotatable bonds is 4. The summed E-state index contributed by atoms with van der Waals surface area (Å²) < 4.78 is 5.18. The molecule has 0 saturated carbocycles. The van der Waals surface area contributed by atoms with Crippen LogP contribution in [-0.2, 0) is 11.3 Å². The number of hydrogen-bond donors (Lipinski definition) is 1. The molecule has 96 valence electrons. The second-order valence-corrected chi connectivity index (χ2v) is 4.34. The molecule has 0 aromatic heterocycles. The molecule has 1 aromatic carbocycles. The van der Waals surface area contributed by atoms with E-state index in [2.05, 4.69) is 6.58 Å². The third-order valence-electron chi connectivity index (χ3n) is 3.06. The first-order valence-electron chi connectivity index (χ1n) is 6.30.